The summed E-state index contributed by atoms with van der Waals surface area (Å²) < 4.78 is 52.1. The third kappa shape index (κ3) is 4.01. The van der Waals surface area contributed by atoms with E-state index >= 15 is 4.39 Å². The number of fused-ring (bicyclic) bond motifs is 1. The maximum absolute atomic E-state index is 15.1. The molecular formula is C28H25F3N6O3. The molecule has 3 amide bonds. The summed E-state index contributed by atoms with van der Waals surface area (Å²) in [5.41, 5.74) is 4.56. The zero-order chi connectivity index (χ0) is 27.6. The van der Waals surface area contributed by atoms with Gasteiger partial charge in [-0.3, -0.25) is 9.20 Å². The topological polar surface area (TPSA) is 84.1 Å². The Kier molecular flexibility index (Phi) is 5.63. The van der Waals surface area contributed by atoms with Gasteiger partial charge in [-0.05, 0) is 29.8 Å². The molecule has 1 saturated heterocycles. The Balaban J connectivity index is 1.30. The molecule has 1 fully saturated rings. The van der Waals surface area contributed by atoms with E-state index < -0.39 is 30.9 Å². The van der Waals surface area contributed by atoms with Crippen LogP contribution in [0.3, 0.4) is 0 Å². The van der Waals surface area contributed by atoms with E-state index in [2.05, 4.69) is 10.3 Å². The lowest BCUT2D eigenvalue weighted by Gasteiger charge is -2.30. The van der Waals surface area contributed by atoms with Crippen LogP contribution in [-0.2, 0) is 22.6 Å². The van der Waals surface area contributed by atoms with Gasteiger partial charge in [0.25, 0.3) is 11.8 Å². The van der Waals surface area contributed by atoms with Gasteiger partial charge in [-0.1, -0.05) is 6.07 Å². The van der Waals surface area contributed by atoms with Crippen molar-refractivity contribution < 1.29 is 27.5 Å². The second kappa shape index (κ2) is 9.12. The molecule has 40 heavy (non-hydrogen) atoms. The molecule has 7 rings (SSSR count). The van der Waals surface area contributed by atoms with E-state index in [0.717, 1.165) is 21.8 Å². The molecule has 1 aromatic carbocycles. The van der Waals surface area contributed by atoms with Gasteiger partial charge in [0.15, 0.2) is 0 Å². The number of rotatable bonds is 2. The van der Waals surface area contributed by atoms with Crippen LogP contribution >= 0.6 is 0 Å². The summed E-state index contributed by atoms with van der Waals surface area (Å²) in [6.45, 7) is -0.455. The quantitative estimate of drug-likeness (QED) is 0.415. The molecule has 0 spiro atoms. The average molecular weight is 551 g/mol. The summed E-state index contributed by atoms with van der Waals surface area (Å²) in [7, 11) is 0. The van der Waals surface area contributed by atoms with Crippen LogP contribution in [0.2, 0.25) is 0 Å². The Morgan fingerprint density at radius 3 is 2.88 bits per heavy atom. The van der Waals surface area contributed by atoms with Crippen molar-refractivity contribution in [3.63, 3.8) is 0 Å². The van der Waals surface area contributed by atoms with Crippen LogP contribution in [0.15, 0.2) is 48.9 Å². The number of carbonyl (C=O) groups excluding carboxylic acids is 2. The standard InChI is InChI=1S/C28H25F3N6O3/c29-18-9-17-13-35(27(39)36-7-8-40-16-28(30,31)15-36)6-5-34-14-21(19(10-18)25(17)34)24-20(11-33-26(24)38)22-12-32-23-3-1-2-4-37(22)23/h1-4,9-10,12,14H,5-8,11,13,15-16H2,(H,33,38). The van der Waals surface area contributed by atoms with Crippen LogP contribution < -0.4 is 5.32 Å². The number of hydrogen-bond acceptors (Lipinski definition) is 4. The minimum absolute atomic E-state index is 0.0226. The number of urea groups is 1. The molecule has 3 aliphatic heterocycles. The molecule has 0 saturated carbocycles. The minimum Gasteiger partial charge on any atom is -0.373 e. The van der Waals surface area contributed by atoms with Crippen molar-refractivity contribution in [1.82, 2.24) is 29.1 Å². The molecule has 1 N–H and O–H groups in total. The van der Waals surface area contributed by atoms with Gasteiger partial charge in [-0.2, -0.15) is 0 Å². The highest BCUT2D eigenvalue weighted by Gasteiger charge is 2.38. The number of hydrogen-bond donors (Lipinski definition) is 1. The summed E-state index contributed by atoms with van der Waals surface area (Å²) in [6, 6.07) is 7.87. The van der Waals surface area contributed by atoms with Gasteiger partial charge < -0.3 is 24.4 Å². The summed E-state index contributed by atoms with van der Waals surface area (Å²) >= 11 is 0. The van der Waals surface area contributed by atoms with Crippen LogP contribution in [0, 0.1) is 5.82 Å². The van der Waals surface area contributed by atoms with Gasteiger partial charge in [0.2, 0.25) is 0 Å². The number of alkyl halides is 2. The summed E-state index contributed by atoms with van der Waals surface area (Å²) in [4.78, 5) is 33.5. The van der Waals surface area contributed by atoms with Crippen molar-refractivity contribution in [2.45, 2.75) is 19.0 Å². The number of aromatic nitrogens is 3. The molecule has 4 aromatic rings. The normalized spacial score (nSPS) is 19.3. The van der Waals surface area contributed by atoms with Crippen LogP contribution in [0.1, 0.15) is 16.8 Å². The van der Waals surface area contributed by atoms with Crippen molar-refractivity contribution in [2.75, 3.05) is 39.4 Å². The predicted molar refractivity (Wildman–Crippen MR) is 140 cm³/mol. The van der Waals surface area contributed by atoms with E-state index in [0.29, 0.717) is 40.7 Å². The zero-order valence-corrected chi connectivity index (χ0v) is 21.4. The molecule has 206 valence electrons. The van der Waals surface area contributed by atoms with Gasteiger partial charge in [0.1, 0.15) is 18.1 Å². The van der Waals surface area contributed by atoms with E-state index in [1.807, 2.05) is 39.6 Å². The van der Waals surface area contributed by atoms with Crippen LogP contribution in [0.5, 0.6) is 0 Å². The maximum Gasteiger partial charge on any atom is 0.320 e. The lowest BCUT2D eigenvalue weighted by atomic mass is 9.98. The van der Waals surface area contributed by atoms with Crippen LogP contribution in [0.4, 0.5) is 18.0 Å². The molecule has 12 heteroatoms. The van der Waals surface area contributed by atoms with E-state index in [-0.39, 0.29) is 32.1 Å². The number of nitrogens with one attached hydrogen (secondary N) is 1. The molecular weight excluding hydrogens is 525 g/mol. The number of benzene rings is 1. The molecule has 0 radical (unpaired) electrons. The number of ether oxygens (including phenoxy) is 1. The highest BCUT2D eigenvalue weighted by atomic mass is 19.3. The van der Waals surface area contributed by atoms with Crippen molar-refractivity contribution in [3.05, 3.63) is 71.6 Å². The predicted octanol–water partition coefficient (Wildman–Crippen LogP) is 3.37. The fraction of sp³-hybridized carbons (Fsp3) is 0.321. The summed E-state index contributed by atoms with van der Waals surface area (Å²) in [5, 5.41) is 3.46. The van der Waals surface area contributed by atoms with Crippen molar-refractivity contribution in [1.29, 1.82) is 0 Å². The van der Waals surface area contributed by atoms with Gasteiger partial charge in [0, 0.05) is 61.6 Å². The number of amides is 3. The first-order valence-electron chi connectivity index (χ1n) is 13.0. The van der Waals surface area contributed by atoms with Gasteiger partial charge in [-0.15, -0.1) is 0 Å². The highest BCUT2D eigenvalue weighted by Crippen LogP contribution is 2.38. The van der Waals surface area contributed by atoms with E-state index in [1.165, 1.54) is 17.0 Å². The second-order valence-corrected chi connectivity index (χ2v) is 10.3. The molecule has 0 atom stereocenters. The maximum atomic E-state index is 15.1. The Hall–Kier alpha value is -4.32. The molecule has 0 unspecified atom stereocenters. The largest absolute Gasteiger partial charge is 0.373 e. The number of nitrogens with zero attached hydrogens (tertiary/aromatic N) is 5. The van der Waals surface area contributed by atoms with Crippen molar-refractivity contribution in [2.24, 2.45) is 0 Å². The van der Waals surface area contributed by atoms with Crippen LogP contribution in [0.25, 0.3) is 27.7 Å². The fourth-order valence-corrected chi connectivity index (χ4v) is 5.97. The van der Waals surface area contributed by atoms with Gasteiger partial charge in [-0.25, -0.2) is 22.9 Å². The van der Waals surface area contributed by atoms with E-state index in [1.54, 1.807) is 6.20 Å². The smallest absolute Gasteiger partial charge is 0.320 e. The molecule has 0 aliphatic carbocycles. The number of halogens is 3. The number of pyridine rings is 1. The number of imidazole rings is 1. The molecule has 9 nitrogen and oxygen atoms in total. The number of carbonyl (C=O) groups is 2. The second-order valence-electron chi connectivity index (χ2n) is 10.3. The lowest BCUT2D eigenvalue weighted by molar-refractivity contribution is -0.114. The Bertz CT molecular complexity index is 1720. The van der Waals surface area contributed by atoms with Gasteiger partial charge >= 0.3 is 6.03 Å². The van der Waals surface area contributed by atoms with E-state index in [9.17, 15) is 18.4 Å². The first-order valence-corrected chi connectivity index (χ1v) is 13.0. The summed E-state index contributed by atoms with van der Waals surface area (Å²) in [5.74, 6) is -3.91. The first-order chi connectivity index (χ1) is 19.3. The lowest BCUT2D eigenvalue weighted by Crippen LogP contribution is -2.48. The average Bonchev–Trinajstić information content (AvgIpc) is 3.54. The van der Waals surface area contributed by atoms with Crippen LogP contribution in [-0.4, -0.2) is 81.0 Å². The third-order valence-electron chi connectivity index (χ3n) is 7.72. The third-order valence-corrected chi connectivity index (χ3v) is 7.72. The summed E-state index contributed by atoms with van der Waals surface area (Å²) in [6.07, 6.45) is 5.42. The van der Waals surface area contributed by atoms with E-state index in [4.69, 9.17) is 4.74 Å². The molecule has 3 aliphatic rings. The van der Waals surface area contributed by atoms with Gasteiger partial charge in [0.05, 0.1) is 36.1 Å². The molecule has 6 heterocycles. The highest BCUT2D eigenvalue weighted by molar-refractivity contribution is 6.32. The Labute approximate surface area is 226 Å². The van der Waals surface area contributed by atoms with Crippen molar-refractivity contribution in [3.8, 4) is 0 Å². The molecule has 3 aromatic heterocycles. The SMILES string of the molecule is O=C1NCC(c2cnc3ccccn23)=C1c1cn2c3c(cc(F)cc13)CN(C(=O)N1CCOCC(F)(F)C1)CC2. The fourth-order valence-electron chi connectivity index (χ4n) is 5.97. The first kappa shape index (κ1) is 24.7. The molecule has 0 bridgehead atoms. The Morgan fingerprint density at radius 1 is 1.12 bits per heavy atom. The monoisotopic (exact) mass is 550 g/mol. The minimum atomic E-state index is -3.14. The zero-order valence-electron chi connectivity index (χ0n) is 21.4. The van der Waals surface area contributed by atoms with Crippen molar-refractivity contribution >= 4 is 39.6 Å². The Morgan fingerprint density at radius 2 is 2.00 bits per heavy atom.